The Labute approximate surface area is 142 Å². The van der Waals surface area contributed by atoms with Crippen molar-refractivity contribution in [1.29, 1.82) is 0 Å². The lowest BCUT2D eigenvalue weighted by atomic mass is 9.96. The normalized spacial score (nSPS) is 22.5. The molecule has 1 amide bonds. The van der Waals surface area contributed by atoms with Crippen LogP contribution in [0.1, 0.15) is 53.5 Å². The molecule has 1 saturated heterocycles. The molecule has 2 aliphatic rings. The van der Waals surface area contributed by atoms with Crippen molar-refractivity contribution < 1.29 is 4.79 Å². The second-order valence-corrected chi connectivity index (χ2v) is 7.18. The highest BCUT2D eigenvalue weighted by atomic mass is 16.1. The fraction of sp³-hybridized carbons (Fsp3) is 0.474. The third kappa shape index (κ3) is 2.84. The molecule has 0 bridgehead atoms. The van der Waals surface area contributed by atoms with Gasteiger partial charge in [-0.25, -0.2) is 0 Å². The quantitative estimate of drug-likeness (QED) is 0.889. The van der Waals surface area contributed by atoms with Crippen molar-refractivity contribution in [1.82, 2.24) is 20.4 Å². The Morgan fingerprint density at radius 3 is 2.83 bits per heavy atom. The van der Waals surface area contributed by atoms with Gasteiger partial charge < -0.3 is 5.32 Å². The molecule has 5 nitrogen and oxygen atoms in total. The second-order valence-electron chi connectivity index (χ2n) is 7.18. The van der Waals surface area contributed by atoms with E-state index in [0.29, 0.717) is 18.3 Å². The lowest BCUT2D eigenvalue weighted by Crippen LogP contribution is -2.32. The molecule has 1 aromatic heterocycles. The van der Waals surface area contributed by atoms with Crippen LogP contribution in [0.15, 0.2) is 36.4 Å². The molecule has 24 heavy (non-hydrogen) atoms. The van der Waals surface area contributed by atoms with Gasteiger partial charge in [0.2, 0.25) is 0 Å². The lowest BCUT2D eigenvalue weighted by molar-refractivity contribution is 0.0944. The molecule has 1 aliphatic carbocycles. The summed E-state index contributed by atoms with van der Waals surface area (Å²) in [5, 5.41) is 10.4. The number of aromatic nitrogens is 2. The molecule has 1 atom stereocenters. The highest BCUT2D eigenvalue weighted by molar-refractivity contribution is 5.92. The van der Waals surface area contributed by atoms with Gasteiger partial charge in [0.25, 0.3) is 5.91 Å². The molecule has 2 fully saturated rings. The molecule has 2 heterocycles. The largest absolute Gasteiger partial charge is 0.350 e. The molecule has 0 radical (unpaired) electrons. The van der Waals surface area contributed by atoms with E-state index in [1.165, 1.54) is 12.0 Å². The molecule has 4 rings (SSSR count). The fourth-order valence-electron chi connectivity index (χ4n) is 3.78. The van der Waals surface area contributed by atoms with Gasteiger partial charge in [0, 0.05) is 12.0 Å². The summed E-state index contributed by atoms with van der Waals surface area (Å²) in [5.74, 6) is -0.0830. The number of amides is 1. The van der Waals surface area contributed by atoms with Gasteiger partial charge in [-0.05, 0) is 50.9 Å². The minimum atomic E-state index is -0.0830. The first kappa shape index (κ1) is 15.4. The smallest absolute Gasteiger partial charge is 0.271 e. The Balaban J connectivity index is 1.40. The van der Waals surface area contributed by atoms with Crippen LogP contribution in [0.2, 0.25) is 0 Å². The third-order valence-corrected chi connectivity index (χ3v) is 5.54. The zero-order valence-corrected chi connectivity index (χ0v) is 14.1. The zero-order valence-electron chi connectivity index (χ0n) is 14.1. The fourth-order valence-corrected chi connectivity index (χ4v) is 3.78. The molecular weight excluding hydrogens is 300 g/mol. The van der Waals surface area contributed by atoms with Crippen LogP contribution in [0, 0.1) is 0 Å². The van der Waals surface area contributed by atoms with Gasteiger partial charge in [0.1, 0.15) is 5.69 Å². The van der Waals surface area contributed by atoms with Crippen molar-refractivity contribution in [2.24, 2.45) is 0 Å². The van der Waals surface area contributed by atoms with Crippen LogP contribution >= 0.6 is 0 Å². The van der Waals surface area contributed by atoms with Crippen molar-refractivity contribution in [3.63, 3.8) is 0 Å². The van der Waals surface area contributed by atoms with Crippen LogP contribution in [0.3, 0.4) is 0 Å². The molecule has 2 aromatic rings. The SMILES string of the molecule is CN1CCC[C@H]1c1cc(C(=O)NCC2(c3ccccc3)CC2)n[nH]1. The highest BCUT2D eigenvalue weighted by Crippen LogP contribution is 2.47. The predicted octanol–water partition coefficient (Wildman–Crippen LogP) is 2.64. The Kier molecular flexibility index (Phi) is 3.88. The Morgan fingerprint density at radius 2 is 2.17 bits per heavy atom. The number of nitrogens with zero attached hydrogens (tertiary/aromatic N) is 2. The van der Waals surface area contributed by atoms with E-state index in [-0.39, 0.29) is 11.3 Å². The van der Waals surface area contributed by atoms with Crippen molar-refractivity contribution in [2.45, 2.75) is 37.1 Å². The van der Waals surface area contributed by atoms with Gasteiger partial charge in [-0.1, -0.05) is 30.3 Å². The van der Waals surface area contributed by atoms with E-state index < -0.39 is 0 Å². The van der Waals surface area contributed by atoms with Gasteiger partial charge in [-0.2, -0.15) is 5.10 Å². The first-order valence-electron chi connectivity index (χ1n) is 8.77. The van der Waals surface area contributed by atoms with Crippen molar-refractivity contribution in [2.75, 3.05) is 20.1 Å². The average Bonchev–Trinajstić information content (AvgIpc) is 3.02. The molecule has 0 unspecified atom stereocenters. The predicted molar refractivity (Wildman–Crippen MR) is 92.9 cm³/mol. The van der Waals surface area contributed by atoms with E-state index in [2.05, 4.69) is 51.7 Å². The number of hydrogen-bond donors (Lipinski definition) is 2. The summed E-state index contributed by atoms with van der Waals surface area (Å²) < 4.78 is 0. The molecule has 2 N–H and O–H groups in total. The van der Waals surface area contributed by atoms with E-state index in [4.69, 9.17) is 0 Å². The van der Waals surface area contributed by atoms with Crippen molar-refractivity contribution in [3.05, 3.63) is 53.3 Å². The van der Waals surface area contributed by atoms with Gasteiger partial charge in [-0.3, -0.25) is 14.8 Å². The molecule has 1 aromatic carbocycles. The van der Waals surface area contributed by atoms with E-state index in [0.717, 1.165) is 31.5 Å². The Hall–Kier alpha value is -2.14. The second kappa shape index (κ2) is 6.06. The van der Waals surface area contributed by atoms with Crippen molar-refractivity contribution in [3.8, 4) is 0 Å². The first-order chi connectivity index (χ1) is 11.7. The average molecular weight is 324 g/mol. The monoisotopic (exact) mass is 324 g/mol. The summed E-state index contributed by atoms with van der Waals surface area (Å²) in [6.07, 6.45) is 4.59. The topological polar surface area (TPSA) is 61.0 Å². The van der Waals surface area contributed by atoms with Crippen LogP contribution in [0.25, 0.3) is 0 Å². The maximum atomic E-state index is 12.5. The number of likely N-dealkylation sites (tertiary alicyclic amines) is 1. The lowest BCUT2D eigenvalue weighted by Gasteiger charge is -2.17. The number of carbonyl (C=O) groups excluding carboxylic acids is 1. The molecule has 126 valence electrons. The van der Waals surface area contributed by atoms with Gasteiger partial charge in [0.15, 0.2) is 0 Å². The number of H-pyrrole nitrogens is 1. The summed E-state index contributed by atoms with van der Waals surface area (Å²) in [5.41, 5.74) is 2.99. The minimum absolute atomic E-state index is 0.0830. The van der Waals surface area contributed by atoms with E-state index in [1.807, 2.05) is 12.1 Å². The number of aromatic amines is 1. The summed E-state index contributed by atoms with van der Waals surface area (Å²) >= 11 is 0. The van der Waals surface area contributed by atoms with Crippen LogP contribution in [-0.2, 0) is 5.41 Å². The van der Waals surface area contributed by atoms with E-state index in [9.17, 15) is 4.79 Å². The summed E-state index contributed by atoms with van der Waals surface area (Å²) in [4.78, 5) is 14.8. The third-order valence-electron chi connectivity index (χ3n) is 5.54. The molecular formula is C19H24N4O. The highest BCUT2D eigenvalue weighted by Gasteiger charge is 2.44. The standard InChI is InChI=1S/C19H24N4O/c1-23-11-5-8-17(23)15-12-16(22-21-15)18(24)20-13-19(9-10-19)14-6-3-2-4-7-14/h2-4,6-7,12,17H,5,8-11,13H2,1H3,(H,20,24)(H,21,22)/t17-/m0/s1. The zero-order chi connectivity index (χ0) is 16.6. The van der Waals surface area contributed by atoms with Crippen LogP contribution < -0.4 is 5.32 Å². The van der Waals surface area contributed by atoms with Crippen LogP contribution in [0.5, 0.6) is 0 Å². The van der Waals surface area contributed by atoms with Crippen LogP contribution in [-0.4, -0.2) is 41.1 Å². The van der Waals surface area contributed by atoms with Crippen molar-refractivity contribution >= 4 is 5.91 Å². The molecule has 1 aliphatic heterocycles. The summed E-state index contributed by atoms with van der Waals surface area (Å²) in [7, 11) is 2.12. The maximum Gasteiger partial charge on any atom is 0.271 e. The van der Waals surface area contributed by atoms with Gasteiger partial charge in [-0.15, -0.1) is 0 Å². The van der Waals surface area contributed by atoms with Crippen LogP contribution in [0.4, 0.5) is 0 Å². The Morgan fingerprint density at radius 1 is 1.38 bits per heavy atom. The number of hydrogen-bond acceptors (Lipinski definition) is 3. The minimum Gasteiger partial charge on any atom is -0.350 e. The number of benzene rings is 1. The van der Waals surface area contributed by atoms with E-state index >= 15 is 0 Å². The summed E-state index contributed by atoms with van der Waals surface area (Å²) in [6.45, 7) is 1.78. The number of nitrogens with one attached hydrogen (secondary N) is 2. The number of rotatable bonds is 5. The van der Waals surface area contributed by atoms with Gasteiger partial charge in [0.05, 0.1) is 11.7 Å². The number of carbonyl (C=O) groups is 1. The maximum absolute atomic E-state index is 12.5. The molecule has 5 heteroatoms. The Bertz CT molecular complexity index is 720. The molecule has 1 saturated carbocycles. The van der Waals surface area contributed by atoms with E-state index in [1.54, 1.807) is 0 Å². The molecule has 0 spiro atoms. The first-order valence-corrected chi connectivity index (χ1v) is 8.77. The van der Waals surface area contributed by atoms with Gasteiger partial charge >= 0.3 is 0 Å². The summed E-state index contributed by atoms with van der Waals surface area (Å²) in [6, 6.07) is 12.7.